The van der Waals surface area contributed by atoms with E-state index >= 15 is 0 Å². The van der Waals surface area contributed by atoms with Crippen molar-refractivity contribution in [2.24, 2.45) is 0 Å². The minimum absolute atomic E-state index is 0.216. The van der Waals surface area contributed by atoms with E-state index in [0.29, 0.717) is 6.42 Å². The molecule has 0 radical (unpaired) electrons. The molecule has 0 spiro atoms. The van der Waals surface area contributed by atoms with E-state index in [1.165, 1.54) is 22.7 Å². The molecule has 1 aliphatic rings. The summed E-state index contributed by atoms with van der Waals surface area (Å²) in [5.74, 6) is -0.281. The molecule has 1 aromatic heterocycles. The minimum Gasteiger partial charge on any atom is -0.358 e. The van der Waals surface area contributed by atoms with Crippen LogP contribution in [0.25, 0.3) is 0 Å². The average Bonchev–Trinajstić information content (AvgIpc) is 3.00. The summed E-state index contributed by atoms with van der Waals surface area (Å²) in [5.41, 5.74) is 1.97. The van der Waals surface area contributed by atoms with Crippen LogP contribution in [-0.4, -0.2) is 31.7 Å². The summed E-state index contributed by atoms with van der Waals surface area (Å²) in [5, 5.41) is 2.58. The Morgan fingerprint density at radius 3 is 2.52 bits per heavy atom. The van der Waals surface area contributed by atoms with Crippen LogP contribution in [0.3, 0.4) is 0 Å². The number of aryl methyl sites for hydroxylation is 1. The van der Waals surface area contributed by atoms with E-state index in [0.717, 1.165) is 16.0 Å². The average molecular weight is 350 g/mol. The molecule has 0 fully saturated rings. The van der Waals surface area contributed by atoms with Crippen molar-refractivity contribution in [3.8, 4) is 0 Å². The van der Waals surface area contributed by atoms with Gasteiger partial charge >= 0.3 is 0 Å². The van der Waals surface area contributed by atoms with E-state index < -0.39 is 16.1 Å². The van der Waals surface area contributed by atoms with E-state index in [4.69, 9.17) is 0 Å². The fraction of sp³-hybridized carbons (Fsp3) is 0.312. The Morgan fingerprint density at radius 2 is 1.91 bits per heavy atom. The summed E-state index contributed by atoms with van der Waals surface area (Å²) in [4.78, 5) is 13.2. The molecule has 7 heteroatoms. The van der Waals surface area contributed by atoms with Crippen LogP contribution in [0, 0.1) is 6.92 Å². The van der Waals surface area contributed by atoms with Gasteiger partial charge in [-0.15, -0.1) is 11.3 Å². The van der Waals surface area contributed by atoms with Gasteiger partial charge in [-0.1, -0.05) is 24.3 Å². The molecule has 1 N–H and O–H groups in total. The molecule has 1 atom stereocenters. The summed E-state index contributed by atoms with van der Waals surface area (Å²) >= 11 is 1.23. The predicted molar refractivity (Wildman–Crippen MR) is 89.8 cm³/mol. The van der Waals surface area contributed by atoms with Crippen LogP contribution >= 0.6 is 11.3 Å². The highest BCUT2D eigenvalue weighted by Crippen LogP contribution is 2.31. The van der Waals surface area contributed by atoms with Crippen molar-refractivity contribution < 1.29 is 13.2 Å². The maximum absolute atomic E-state index is 13.0. The van der Waals surface area contributed by atoms with E-state index in [1.807, 2.05) is 31.2 Å². The normalized spacial score (nSPS) is 18.4. The van der Waals surface area contributed by atoms with Crippen molar-refractivity contribution in [2.75, 3.05) is 7.05 Å². The van der Waals surface area contributed by atoms with Gasteiger partial charge < -0.3 is 5.32 Å². The molecule has 0 saturated heterocycles. The van der Waals surface area contributed by atoms with Gasteiger partial charge in [0.25, 0.3) is 10.0 Å². The second-order valence-corrected chi connectivity index (χ2v) is 8.92. The number of nitrogens with zero attached hydrogens (tertiary/aromatic N) is 1. The predicted octanol–water partition coefficient (Wildman–Crippen LogP) is 1.92. The number of benzene rings is 1. The van der Waals surface area contributed by atoms with Gasteiger partial charge in [0.2, 0.25) is 5.91 Å². The van der Waals surface area contributed by atoms with E-state index in [-0.39, 0.29) is 16.7 Å². The first kappa shape index (κ1) is 16.2. The second kappa shape index (κ2) is 6.07. The van der Waals surface area contributed by atoms with Gasteiger partial charge in [-0.2, -0.15) is 4.31 Å². The Labute approximate surface area is 140 Å². The first-order chi connectivity index (χ1) is 10.9. The van der Waals surface area contributed by atoms with Crippen LogP contribution < -0.4 is 5.32 Å². The van der Waals surface area contributed by atoms with Crippen molar-refractivity contribution in [2.45, 2.75) is 30.1 Å². The third-order valence-corrected chi connectivity index (χ3v) is 7.36. The van der Waals surface area contributed by atoms with Gasteiger partial charge in [-0.25, -0.2) is 8.42 Å². The molecular formula is C16H18N2O3S2. The van der Waals surface area contributed by atoms with Crippen LogP contribution in [0.15, 0.2) is 40.6 Å². The van der Waals surface area contributed by atoms with E-state index in [2.05, 4.69) is 5.32 Å². The highest BCUT2D eigenvalue weighted by atomic mass is 32.2. The fourth-order valence-electron chi connectivity index (χ4n) is 2.81. The number of hydrogen-bond donors (Lipinski definition) is 1. The van der Waals surface area contributed by atoms with Gasteiger partial charge in [-0.05, 0) is 36.6 Å². The molecule has 3 rings (SSSR count). The van der Waals surface area contributed by atoms with Gasteiger partial charge in [0.1, 0.15) is 10.3 Å². The van der Waals surface area contributed by atoms with Crippen LogP contribution in [0.5, 0.6) is 0 Å². The van der Waals surface area contributed by atoms with Crippen molar-refractivity contribution in [3.63, 3.8) is 0 Å². The third kappa shape index (κ3) is 2.91. The number of carbonyl (C=O) groups is 1. The summed E-state index contributed by atoms with van der Waals surface area (Å²) in [6.07, 6.45) is 0.388. The first-order valence-electron chi connectivity index (χ1n) is 7.30. The van der Waals surface area contributed by atoms with Gasteiger partial charge in [0.05, 0.1) is 0 Å². The monoisotopic (exact) mass is 350 g/mol. The summed E-state index contributed by atoms with van der Waals surface area (Å²) in [6, 6.07) is 10.3. The zero-order chi connectivity index (χ0) is 16.6. The molecular weight excluding hydrogens is 332 g/mol. The Balaban J connectivity index is 2.06. The zero-order valence-electron chi connectivity index (χ0n) is 12.9. The topological polar surface area (TPSA) is 66.5 Å². The SMILES string of the molecule is CNC(=O)[C@@H]1Cc2ccccc2CN1S(=O)(=O)c1ccc(C)s1. The number of rotatable bonds is 3. The second-order valence-electron chi connectivity index (χ2n) is 5.52. The Morgan fingerprint density at radius 1 is 1.22 bits per heavy atom. The van der Waals surface area contributed by atoms with Crippen LogP contribution in [0.2, 0.25) is 0 Å². The molecule has 2 aromatic rings. The minimum atomic E-state index is -3.70. The number of sulfonamides is 1. The molecule has 5 nitrogen and oxygen atoms in total. The molecule has 0 unspecified atom stereocenters. The highest BCUT2D eigenvalue weighted by Gasteiger charge is 2.39. The smallest absolute Gasteiger partial charge is 0.253 e. The number of fused-ring (bicyclic) bond motifs is 1. The van der Waals surface area contributed by atoms with Crippen LogP contribution in [-0.2, 0) is 27.8 Å². The highest BCUT2D eigenvalue weighted by molar-refractivity contribution is 7.91. The number of nitrogens with one attached hydrogen (secondary N) is 1. The quantitative estimate of drug-likeness (QED) is 0.920. The van der Waals surface area contributed by atoms with Gasteiger partial charge in [0.15, 0.2) is 0 Å². The number of carbonyl (C=O) groups excluding carboxylic acids is 1. The number of likely N-dealkylation sites (N-methyl/N-ethyl adjacent to an activating group) is 1. The maximum Gasteiger partial charge on any atom is 0.253 e. The maximum atomic E-state index is 13.0. The molecule has 1 aromatic carbocycles. The molecule has 2 heterocycles. The number of hydrogen-bond acceptors (Lipinski definition) is 4. The van der Waals surface area contributed by atoms with Crippen molar-refractivity contribution >= 4 is 27.3 Å². The number of thiophene rings is 1. The summed E-state index contributed by atoms with van der Waals surface area (Å²) in [6.45, 7) is 2.08. The van der Waals surface area contributed by atoms with Gasteiger partial charge in [0, 0.05) is 18.5 Å². The molecule has 0 aliphatic carbocycles. The lowest BCUT2D eigenvalue weighted by Crippen LogP contribution is -2.51. The Hall–Kier alpha value is -1.70. The molecule has 0 saturated carbocycles. The largest absolute Gasteiger partial charge is 0.358 e. The number of amides is 1. The lowest BCUT2D eigenvalue weighted by Gasteiger charge is -2.34. The van der Waals surface area contributed by atoms with Crippen molar-refractivity contribution in [1.82, 2.24) is 9.62 Å². The van der Waals surface area contributed by atoms with Crippen LogP contribution in [0.1, 0.15) is 16.0 Å². The van der Waals surface area contributed by atoms with Crippen LogP contribution in [0.4, 0.5) is 0 Å². The molecule has 1 amide bonds. The first-order valence-corrected chi connectivity index (χ1v) is 9.56. The molecule has 23 heavy (non-hydrogen) atoms. The van der Waals surface area contributed by atoms with Crippen molar-refractivity contribution in [1.29, 1.82) is 0 Å². The standard InChI is InChI=1S/C16H18N2O3S2/c1-11-7-8-15(22-11)23(20,21)18-10-13-6-4-3-5-12(13)9-14(18)16(19)17-2/h3-8,14H,9-10H2,1-2H3,(H,17,19)/t14-/m0/s1. The van der Waals surface area contributed by atoms with Crippen molar-refractivity contribution in [3.05, 3.63) is 52.4 Å². The zero-order valence-corrected chi connectivity index (χ0v) is 14.6. The fourth-order valence-corrected chi connectivity index (χ4v) is 5.79. The lowest BCUT2D eigenvalue weighted by atomic mass is 9.95. The summed E-state index contributed by atoms with van der Waals surface area (Å²) < 4.78 is 27.6. The molecule has 0 bridgehead atoms. The summed E-state index contributed by atoms with van der Waals surface area (Å²) in [7, 11) is -2.17. The van der Waals surface area contributed by atoms with E-state index in [1.54, 1.807) is 12.1 Å². The van der Waals surface area contributed by atoms with E-state index in [9.17, 15) is 13.2 Å². The van der Waals surface area contributed by atoms with Gasteiger partial charge in [-0.3, -0.25) is 4.79 Å². The Kier molecular flexibility index (Phi) is 4.27. The third-order valence-electron chi connectivity index (χ3n) is 4.03. The molecule has 122 valence electrons. The lowest BCUT2D eigenvalue weighted by molar-refractivity contribution is -0.124. The Bertz CT molecular complexity index is 843. The molecule has 1 aliphatic heterocycles.